The summed E-state index contributed by atoms with van der Waals surface area (Å²) in [7, 11) is -8.29. The number of rotatable bonds is 13. The summed E-state index contributed by atoms with van der Waals surface area (Å²) in [6, 6.07) is 24.5. The maximum Gasteiger partial charge on any atom is 0.297 e. The number of aryl methyl sites for hydroxylation is 1. The van der Waals surface area contributed by atoms with Gasteiger partial charge in [-0.3, -0.25) is 8.37 Å². The van der Waals surface area contributed by atoms with E-state index in [0.29, 0.717) is 0 Å². The van der Waals surface area contributed by atoms with Crippen LogP contribution in [-0.2, 0) is 56.0 Å². The predicted octanol–water partition coefficient (Wildman–Crippen LogP) is 3.62. The Morgan fingerprint density at radius 1 is 0.872 bits per heavy atom. The van der Waals surface area contributed by atoms with E-state index in [4.69, 9.17) is 23.9 Å². The Hall–Kier alpha value is -2.64. The second-order valence-electron chi connectivity index (χ2n) is 9.31. The molecule has 9 nitrogen and oxygen atoms in total. The van der Waals surface area contributed by atoms with Crippen LogP contribution in [0.15, 0.2) is 89.8 Å². The highest BCUT2D eigenvalue weighted by atomic mass is 32.2. The molecule has 0 radical (unpaired) electrons. The lowest BCUT2D eigenvalue weighted by molar-refractivity contribution is -0.153. The summed E-state index contributed by atoms with van der Waals surface area (Å²) < 4.78 is 87.6. The number of benzene rings is 3. The predicted molar refractivity (Wildman–Crippen MR) is 144 cm³/mol. The van der Waals surface area contributed by atoms with Gasteiger partial charge in [-0.15, -0.1) is 0 Å². The van der Waals surface area contributed by atoms with Gasteiger partial charge in [-0.1, -0.05) is 78.4 Å². The quantitative estimate of drug-likeness (QED) is 0.281. The van der Waals surface area contributed by atoms with Gasteiger partial charge in [-0.2, -0.15) is 16.8 Å². The van der Waals surface area contributed by atoms with Crippen molar-refractivity contribution < 1.29 is 40.8 Å². The summed E-state index contributed by atoms with van der Waals surface area (Å²) >= 11 is 0. The third-order valence-electron chi connectivity index (χ3n) is 6.04. The van der Waals surface area contributed by atoms with E-state index in [1.807, 2.05) is 67.6 Å². The van der Waals surface area contributed by atoms with Crippen LogP contribution in [-0.4, -0.2) is 60.7 Å². The Morgan fingerprint density at radius 3 is 2.05 bits per heavy atom. The molecule has 0 aliphatic carbocycles. The minimum absolute atomic E-state index is 0.0103. The molecule has 3 aromatic rings. The maximum absolute atomic E-state index is 13.1. The SMILES string of the molecule is [3H]C1O[C@@](COCc2ccccc2)(COS(=O)(=O)c2ccc(C)cc2)C(OCc2ccccc2)[C@@H]1OS(C)(=O)=O. The van der Waals surface area contributed by atoms with E-state index in [0.717, 1.165) is 22.9 Å². The fourth-order valence-corrected chi connectivity index (χ4v) is 5.57. The van der Waals surface area contributed by atoms with Crippen molar-refractivity contribution in [2.45, 2.75) is 42.8 Å². The lowest BCUT2D eigenvalue weighted by Gasteiger charge is -2.34. The molecule has 0 N–H and O–H groups in total. The third-order valence-corrected chi connectivity index (χ3v) is 7.89. The average molecular weight is 579 g/mol. The number of hydrogen-bond donors (Lipinski definition) is 0. The Morgan fingerprint density at radius 2 is 1.46 bits per heavy atom. The van der Waals surface area contributed by atoms with Gasteiger partial charge in [0.05, 0.1) is 38.9 Å². The molecule has 210 valence electrons. The molecule has 4 atom stereocenters. The van der Waals surface area contributed by atoms with Crippen molar-refractivity contribution in [3.63, 3.8) is 0 Å². The van der Waals surface area contributed by atoms with Gasteiger partial charge in [-0.25, -0.2) is 0 Å². The van der Waals surface area contributed by atoms with Gasteiger partial charge in [0, 0.05) is 0 Å². The number of ether oxygens (including phenoxy) is 3. The largest absolute Gasteiger partial charge is 0.374 e. The molecule has 0 aromatic heterocycles. The van der Waals surface area contributed by atoms with Gasteiger partial charge in [0.2, 0.25) is 0 Å². The van der Waals surface area contributed by atoms with E-state index in [1.165, 1.54) is 12.1 Å². The average Bonchev–Trinajstić information content (AvgIpc) is 3.17. The molecule has 1 aliphatic heterocycles. The first-order valence-corrected chi connectivity index (χ1v) is 15.4. The molecule has 2 unspecified atom stereocenters. The van der Waals surface area contributed by atoms with Crippen LogP contribution in [0.1, 0.15) is 18.1 Å². The Bertz CT molecular complexity index is 1450. The normalized spacial score (nSPS) is 23.9. The Kier molecular flexibility index (Phi) is 9.08. The summed E-state index contributed by atoms with van der Waals surface area (Å²) in [5.74, 6) is 0. The van der Waals surface area contributed by atoms with Gasteiger partial charge in [0.1, 0.15) is 24.4 Å². The molecule has 4 rings (SSSR count). The Balaban J connectivity index is 1.65. The molecule has 0 saturated carbocycles. The van der Waals surface area contributed by atoms with Gasteiger partial charge >= 0.3 is 0 Å². The molecule has 1 fully saturated rings. The zero-order chi connectivity index (χ0) is 28.8. The second-order valence-corrected chi connectivity index (χ2v) is 12.5. The zero-order valence-corrected chi connectivity index (χ0v) is 23.3. The van der Waals surface area contributed by atoms with Crippen LogP contribution in [0, 0.1) is 6.92 Å². The smallest absolute Gasteiger partial charge is 0.297 e. The molecule has 0 spiro atoms. The molecule has 39 heavy (non-hydrogen) atoms. The van der Waals surface area contributed by atoms with Crippen molar-refractivity contribution in [3.8, 4) is 0 Å². The van der Waals surface area contributed by atoms with Gasteiger partial charge in [0.15, 0.2) is 0 Å². The van der Waals surface area contributed by atoms with Crippen molar-refractivity contribution >= 4 is 20.2 Å². The Labute approximate surface area is 231 Å². The van der Waals surface area contributed by atoms with Crippen LogP contribution in [0.5, 0.6) is 0 Å². The molecule has 1 aliphatic rings. The highest BCUT2D eigenvalue weighted by Gasteiger charge is 2.54. The minimum Gasteiger partial charge on any atom is -0.374 e. The van der Waals surface area contributed by atoms with E-state index in [-0.39, 0.29) is 24.7 Å². The summed E-state index contributed by atoms with van der Waals surface area (Å²) in [6.45, 7) is -0.450. The van der Waals surface area contributed by atoms with Crippen LogP contribution in [0.25, 0.3) is 0 Å². The minimum atomic E-state index is -4.25. The first-order chi connectivity index (χ1) is 19.0. The number of hydrogen-bond acceptors (Lipinski definition) is 9. The van der Waals surface area contributed by atoms with Crippen molar-refractivity contribution in [2.24, 2.45) is 0 Å². The molecule has 1 heterocycles. The van der Waals surface area contributed by atoms with E-state index in [2.05, 4.69) is 0 Å². The summed E-state index contributed by atoms with van der Waals surface area (Å²) in [5, 5.41) is 0. The molecule has 1 saturated heterocycles. The van der Waals surface area contributed by atoms with Gasteiger partial charge in [-0.05, 0) is 30.2 Å². The summed E-state index contributed by atoms with van der Waals surface area (Å²) in [6.07, 6.45) is -1.79. The van der Waals surface area contributed by atoms with E-state index in [9.17, 15) is 16.8 Å². The van der Waals surface area contributed by atoms with Crippen molar-refractivity contribution in [2.75, 3.05) is 26.1 Å². The molecular weight excluding hydrogens is 544 g/mol. The monoisotopic (exact) mass is 578 g/mol. The highest BCUT2D eigenvalue weighted by molar-refractivity contribution is 7.86. The van der Waals surface area contributed by atoms with Gasteiger partial charge < -0.3 is 14.2 Å². The molecule has 0 amide bonds. The third kappa shape index (κ3) is 8.18. The van der Waals surface area contributed by atoms with E-state index < -0.39 is 51.2 Å². The van der Waals surface area contributed by atoms with Crippen molar-refractivity contribution in [1.82, 2.24) is 0 Å². The molecule has 11 heteroatoms. The first-order valence-electron chi connectivity index (χ1n) is 12.8. The zero-order valence-electron chi connectivity index (χ0n) is 22.6. The topological polar surface area (TPSA) is 114 Å². The van der Waals surface area contributed by atoms with Crippen LogP contribution >= 0.6 is 0 Å². The standard InChI is InChI=1S/C28H32O9S2/c1-22-13-15-25(16-14-22)39(31,32)36-21-28(20-33-17-23-9-5-3-6-10-23)27(26(19-35-28)37-38(2,29)30)34-18-24-11-7-4-8-12-24/h3-16,26-27H,17-21H2,1-2H3/t26-,27?,28+/m1/s1/i19T/t19?,26-,27?,28+. The van der Waals surface area contributed by atoms with Crippen LogP contribution in [0.2, 0.25) is 0 Å². The van der Waals surface area contributed by atoms with Crippen molar-refractivity contribution in [1.29, 1.82) is 0 Å². The maximum atomic E-state index is 13.1. The van der Waals surface area contributed by atoms with E-state index >= 15 is 0 Å². The van der Waals surface area contributed by atoms with Crippen LogP contribution in [0.4, 0.5) is 0 Å². The van der Waals surface area contributed by atoms with E-state index in [1.54, 1.807) is 12.1 Å². The highest BCUT2D eigenvalue weighted by Crippen LogP contribution is 2.35. The molecule has 0 bridgehead atoms. The lowest BCUT2D eigenvalue weighted by Crippen LogP contribution is -2.53. The first kappa shape index (κ1) is 27.9. The second kappa shape index (κ2) is 12.7. The fourth-order valence-electron chi connectivity index (χ4n) is 4.06. The summed E-state index contributed by atoms with van der Waals surface area (Å²) in [5.41, 5.74) is 0.776. The van der Waals surface area contributed by atoms with Crippen LogP contribution in [0.3, 0.4) is 0 Å². The summed E-state index contributed by atoms with van der Waals surface area (Å²) in [4.78, 5) is -0.0652. The van der Waals surface area contributed by atoms with Gasteiger partial charge in [0.25, 0.3) is 20.2 Å². The molecular formula is C28H32O9S2. The van der Waals surface area contributed by atoms with Crippen LogP contribution < -0.4 is 0 Å². The molecule has 3 aromatic carbocycles. The lowest BCUT2D eigenvalue weighted by atomic mass is 9.97. The fraction of sp³-hybridized carbons (Fsp3) is 0.357. The van der Waals surface area contributed by atoms with Crippen molar-refractivity contribution in [3.05, 3.63) is 102 Å².